The van der Waals surface area contributed by atoms with E-state index in [4.69, 9.17) is 11.6 Å². The molecule has 3 aromatic rings. The number of nitrogens with zero attached hydrogens (tertiary/aromatic N) is 1. The number of carbonyl (C=O) groups excluding carboxylic acids is 1. The van der Waals surface area contributed by atoms with Crippen LogP contribution in [0, 0.1) is 11.2 Å². The number of aromatic nitrogens is 1. The largest absolute Gasteiger partial charge is 0.396 e. The number of pyridine rings is 1. The molecule has 0 aliphatic carbocycles. The van der Waals surface area contributed by atoms with Crippen molar-refractivity contribution in [1.82, 2.24) is 9.88 Å². The molecular formula is C23H25ClFN3O3. The SMILES string of the molecule is CC(c1c[nH]c(=O)c2ccccc12)N(CC(C)(C)CO)C(=O)Nc1ccc(F)c(Cl)c1. The van der Waals surface area contributed by atoms with Crippen molar-refractivity contribution in [3.05, 3.63) is 75.4 Å². The van der Waals surface area contributed by atoms with Gasteiger partial charge in [-0.25, -0.2) is 9.18 Å². The van der Waals surface area contributed by atoms with Crippen molar-refractivity contribution >= 4 is 34.1 Å². The number of aliphatic hydroxyl groups excluding tert-OH is 1. The first-order valence-corrected chi connectivity index (χ1v) is 10.2. The van der Waals surface area contributed by atoms with E-state index in [2.05, 4.69) is 10.3 Å². The highest BCUT2D eigenvalue weighted by Gasteiger charge is 2.30. The summed E-state index contributed by atoms with van der Waals surface area (Å²) in [5, 5.41) is 13.7. The second-order valence-electron chi connectivity index (χ2n) is 8.30. The number of fused-ring (bicyclic) bond motifs is 1. The molecule has 2 amide bonds. The summed E-state index contributed by atoms with van der Waals surface area (Å²) >= 11 is 5.84. The third-order valence-corrected chi connectivity index (χ3v) is 5.51. The van der Waals surface area contributed by atoms with Gasteiger partial charge in [0.15, 0.2) is 0 Å². The Morgan fingerprint density at radius 1 is 1.26 bits per heavy atom. The predicted octanol–water partition coefficient (Wildman–Crippen LogP) is 4.93. The summed E-state index contributed by atoms with van der Waals surface area (Å²) in [5.74, 6) is -0.578. The molecule has 0 spiro atoms. The minimum atomic E-state index is -0.579. The zero-order valence-electron chi connectivity index (χ0n) is 17.6. The molecule has 1 unspecified atom stereocenters. The van der Waals surface area contributed by atoms with Gasteiger partial charge >= 0.3 is 6.03 Å². The van der Waals surface area contributed by atoms with Gasteiger partial charge < -0.3 is 20.3 Å². The number of aromatic amines is 1. The average molecular weight is 446 g/mol. The monoisotopic (exact) mass is 445 g/mol. The summed E-state index contributed by atoms with van der Waals surface area (Å²) in [4.78, 5) is 29.8. The predicted molar refractivity (Wildman–Crippen MR) is 121 cm³/mol. The lowest BCUT2D eigenvalue weighted by atomic mass is 9.92. The highest BCUT2D eigenvalue weighted by atomic mass is 35.5. The lowest BCUT2D eigenvalue weighted by Crippen LogP contribution is -2.44. The molecule has 3 N–H and O–H groups in total. The summed E-state index contributed by atoms with van der Waals surface area (Å²) in [6, 6.07) is 10.2. The van der Waals surface area contributed by atoms with Gasteiger partial charge in [-0.3, -0.25) is 4.79 Å². The molecular weight excluding hydrogens is 421 g/mol. The van der Waals surface area contributed by atoms with Crippen molar-refractivity contribution < 1.29 is 14.3 Å². The number of aliphatic hydroxyl groups is 1. The van der Waals surface area contributed by atoms with Crippen LogP contribution in [0.3, 0.4) is 0 Å². The van der Waals surface area contributed by atoms with Gasteiger partial charge in [-0.05, 0) is 42.1 Å². The van der Waals surface area contributed by atoms with Gasteiger partial charge in [0.1, 0.15) is 5.82 Å². The number of hydrogen-bond acceptors (Lipinski definition) is 3. The second kappa shape index (κ2) is 9.08. The first kappa shape index (κ1) is 22.8. The molecule has 0 aliphatic rings. The fourth-order valence-corrected chi connectivity index (χ4v) is 3.59. The van der Waals surface area contributed by atoms with Gasteiger partial charge in [-0.2, -0.15) is 0 Å². The normalized spacial score (nSPS) is 12.6. The van der Waals surface area contributed by atoms with Gasteiger partial charge in [0.2, 0.25) is 0 Å². The van der Waals surface area contributed by atoms with Crippen LogP contribution in [0.15, 0.2) is 53.5 Å². The molecule has 0 radical (unpaired) electrons. The zero-order chi connectivity index (χ0) is 22.8. The Balaban J connectivity index is 2.00. The number of carbonyl (C=O) groups is 1. The number of rotatable bonds is 6. The fraction of sp³-hybridized carbons (Fsp3) is 0.304. The Morgan fingerprint density at radius 2 is 1.94 bits per heavy atom. The molecule has 2 aromatic carbocycles. The Labute approximate surface area is 184 Å². The maximum atomic E-state index is 13.5. The molecule has 164 valence electrons. The van der Waals surface area contributed by atoms with Crippen LogP contribution < -0.4 is 10.9 Å². The van der Waals surface area contributed by atoms with E-state index >= 15 is 0 Å². The molecule has 1 aromatic heterocycles. The van der Waals surface area contributed by atoms with E-state index in [0.29, 0.717) is 11.1 Å². The summed E-state index contributed by atoms with van der Waals surface area (Å²) < 4.78 is 13.5. The molecule has 0 aliphatic heterocycles. The van der Waals surface area contributed by atoms with Gasteiger partial charge in [-0.1, -0.05) is 43.6 Å². The fourth-order valence-electron chi connectivity index (χ4n) is 3.41. The van der Waals surface area contributed by atoms with Crippen molar-refractivity contribution in [1.29, 1.82) is 0 Å². The molecule has 0 saturated heterocycles. The maximum absolute atomic E-state index is 13.5. The number of urea groups is 1. The Bertz CT molecular complexity index is 1160. The molecule has 0 fully saturated rings. The molecule has 8 heteroatoms. The van der Waals surface area contributed by atoms with Crippen molar-refractivity contribution in [2.24, 2.45) is 5.41 Å². The van der Waals surface area contributed by atoms with Crippen LogP contribution in [0.2, 0.25) is 5.02 Å². The second-order valence-corrected chi connectivity index (χ2v) is 8.71. The first-order chi connectivity index (χ1) is 14.6. The molecule has 1 atom stereocenters. The number of hydrogen-bond donors (Lipinski definition) is 3. The van der Waals surface area contributed by atoms with Crippen LogP contribution in [0.5, 0.6) is 0 Å². The standard InChI is InChI=1S/C23H25ClFN3O3/c1-14(18-11-26-21(30)17-7-5-4-6-16(17)18)28(12-23(2,3)13-29)22(31)27-15-8-9-20(25)19(24)10-15/h4-11,14,29H,12-13H2,1-3H3,(H,26,30)(H,27,31). The van der Waals surface area contributed by atoms with Crippen LogP contribution in [-0.4, -0.2) is 34.2 Å². The Morgan fingerprint density at radius 3 is 2.58 bits per heavy atom. The third-order valence-electron chi connectivity index (χ3n) is 5.22. The van der Waals surface area contributed by atoms with E-state index < -0.39 is 23.3 Å². The molecule has 6 nitrogen and oxygen atoms in total. The van der Waals surface area contributed by atoms with Crippen LogP contribution in [-0.2, 0) is 0 Å². The number of benzene rings is 2. The summed E-state index contributed by atoms with van der Waals surface area (Å²) in [6.07, 6.45) is 1.61. The quantitative estimate of drug-likeness (QED) is 0.502. The van der Waals surface area contributed by atoms with Gasteiger partial charge in [0.05, 0.1) is 11.1 Å². The minimum Gasteiger partial charge on any atom is -0.396 e. The minimum absolute atomic E-state index is 0.0975. The smallest absolute Gasteiger partial charge is 0.322 e. The van der Waals surface area contributed by atoms with Crippen molar-refractivity contribution in [3.63, 3.8) is 0 Å². The van der Waals surface area contributed by atoms with E-state index in [1.54, 1.807) is 23.2 Å². The third kappa shape index (κ3) is 5.06. The number of halogens is 2. The van der Waals surface area contributed by atoms with Crippen molar-refractivity contribution in [2.45, 2.75) is 26.8 Å². The van der Waals surface area contributed by atoms with Gasteiger partial charge in [-0.15, -0.1) is 0 Å². The Hall–Kier alpha value is -2.90. The van der Waals surface area contributed by atoms with Crippen LogP contribution in [0.1, 0.15) is 32.4 Å². The summed E-state index contributed by atoms with van der Waals surface area (Å²) in [6.45, 7) is 5.65. The van der Waals surface area contributed by atoms with Gasteiger partial charge in [0.25, 0.3) is 5.56 Å². The molecule has 0 saturated carbocycles. The van der Waals surface area contributed by atoms with E-state index in [0.717, 1.165) is 10.9 Å². The average Bonchev–Trinajstić information content (AvgIpc) is 2.74. The van der Waals surface area contributed by atoms with E-state index in [1.165, 1.54) is 18.2 Å². The number of H-pyrrole nitrogens is 1. The number of amides is 2. The molecule has 0 bridgehead atoms. The maximum Gasteiger partial charge on any atom is 0.322 e. The van der Waals surface area contributed by atoms with Crippen LogP contribution in [0.25, 0.3) is 10.8 Å². The van der Waals surface area contributed by atoms with E-state index in [1.807, 2.05) is 32.9 Å². The van der Waals surface area contributed by atoms with Crippen molar-refractivity contribution in [2.75, 3.05) is 18.5 Å². The highest BCUT2D eigenvalue weighted by molar-refractivity contribution is 6.31. The lowest BCUT2D eigenvalue weighted by molar-refractivity contribution is 0.102. The van der Waals surface area contributed by atoms with Crippen LogP contribution in [0.4, 0.5) is 14.9 Å². The van der Waals surface area contributed by atoms with Crippen molar-refractivity contribution in [3.8, 4) is 0 Å². The number of nitrogens with one attached hydrogen (secondary N) is 2. The molecule has 1 heterocycles. The summed E-state index contributed by atoms with van der Waals surface area (Å²) in [5.41, 5.74) is 0.321. The van der Waals surface area contributed by atoms with Gasteiger partial charge in [0, 0.05) is 35.8 Å². The number of anilines is 1. The van der Waals surface area contributed by atoms with Crippen LogP contribution >= 0.6 is 11.6 Å². The topological polar surface area (TPSA) is 85.4 Å². The lowest BCUT2D eigenvalue weighted by Gasteiger charge is -2.36. The molecule has 31 heavy (non-hydrogen) atoms. The zero-order valence-corrected chi connectivity index (χ0v) is 18.3. The first-order valence-electron chi connectivity index (χ1n) is 9.87. The van der Waals surface area contributed by atoms with E-state index in [-0.39, 0.29) is 23.7 Å². The highest BCUT2D eigenvalue weighted by Crippen LogP contribution is 2.30. The molecule has 3 rings (SSSR count). The Kier molecular flexibility index (Phi) is 6.67. The summed E-state index contributed by atoms with van der Waals surface area (Å²) in [7, 11) is 0. The van der Waals surface area contributed by atoms with E-state index in [9.17, 15) is 19.1 Å².